The number of piperidine rings is 1. The molecular formula is C22H31N3O. The van der Waals surface area contributed by atoms with Gasteiger partial charge in [0.25, 0.3) is 0 Å². The Morgan fingerprint density at radius 3 is 2.58 bits per heavy atom. The fraction of sp³-hybridized carbons (Fsp3) is 0.545. The highest BCUT2D eigenvalue weighted by molar-refractivity contribution is 5.27. The Morgan fingerprint density at radius 1 is 1.15 bits per heavy atom. The van der Waals surface area contributed by atoms with Gasteiger partial charge in [-0.3, -0.25) is 9.88 Å². The minimum atomic E-state index is 0.314. The molecule has 1 saturated heterocycles. The van der Waals surface area contributed by atoms with Crippen molar-refractivity contribution in [3.8, 4) is 5.88 Å². The van der Waals surface area contributed by atoms with Crippen LogP contribution in [0.3, 0.4) is 0 Å². The average Bonchev–Trinajstić information content (AvgIpc) is 2.61. The molecule has 0 unspecified atom stereocenters. The number of pyridine rings is 2. The average molecular weight is 354 g/mol. The summed E-state index contributed by atoms with van der Waals surface area (Å²) in [7, 11) is 1.68. The van der Waals surface area contributed by atoms with Crippen molar-refractivity contribution in [2.24, 2.45) is 5.92 Å². The molecule has 0 amide bonds. The molecule has 0 saturated carbocycles. The van der Waals surface area contributed by atoms with Gasteiger partial charge in [-0.2, -0.15) is 0 Å². The van der Waals surface area contributed by atoms with Crippen LogP contribution in [0.2, 0.25) is 0 Å². The Morgan fingerprint density at radius 2 is 1.88 bits per heavy atom. The standard InChI is InChI=1S/C22H31N3O/c1-15-8-9-21(26-5)24-22(15)18(4)25-10-6-7-19(14-25)13-20-11-16(2)23-17(3)12-20/h8-9,11-12,18-19H,6-7,10,13-14H2,1-5H3/t18-,19-/m1/s1. The molecule has 2 atom stereocenters. The monoisotopic (exact) mass is 353 g/mol. The molecule has 2 aromatic rings. The Labute approximate surface area is 157 Å². The molecule has 140 valence electrons. The third-order valence-electron chi connectivity index (χ3n) is 5.48. The van der Waals surface area contributed by atoms with Gasteiger partial charge in [-0.25, -0.2) is 4.98 Å². The molecule has 0 bridgehead atoms. The van der Waals surface area contributed by atoms with E-state index in [1.807, 2.05) is 6.07 Å². The summed E-state index contributed by atoms with van der Waals surface area (Å²) in [5, 5.41) is 0. The first kappa shape index (κ1) is 18.8. The van der Waals surface area contributed by atoms with Crippen molar-refractivity contribution in [1.82, 2.24) is 14.9 Å². The minimum Gasteiger partial charge on any atom is -0.481 e. The van der Waals surface area contributed by atoms with Crippen LogP contribution >= 0.6 is 0 Å². The van der Waals surface area contributed by atoms with Crippen molar-refractivity contribution >= 4 is 0 Å². The van der Waals surface area contributed by atoms with Crippen LogP contribution in [-0.2, 0) is 6.42 Å². The topological polar surface area (TPSA) is 38.2 Å². The Hall–Kier alpha value is -1.94. The van der Waals surface area contributed by atoms with Crippen molar-refractivity contribution in [2.75, 3.05) is 20.2 Å². The SMILES string of the molecule is COc1ccc(C)c([C@@H](C)N2CCC[C@H](Cc3cc(C)nc(C)c3)C2)n1. The Kier molecular flexibility index (Phi) is 5.92. The summed E-state index contributed by atoms with van der Waals surface area (Å²) in [4.78, 5) is 11.8. The minimum absolute atomic E-state index is 0.314. The fourth-order valence-electron chi connectivity index (χ4n) is 4.22. The van der Waals surface area contributed by atoms with Gasteiger partial charge in [-0.1, -0.05) is 6.07 Å². The second kappa shape index (κ2) is 8.17. The number of nitrogens with zero attached hydrogens (tertiary/aromatic N) is 3. The van der Waals surface area contributed by atoms with Gasteiger partial charge in [-0.15, -0.1) is 0 Å². The molecule has 4 nitrogen and oxygen atoms in total. The van der Waals surface area contributed by atoms with Crippen LogP contribution in [-0.4, -0.2) is 35.1 Å². The highest BCUT2D eigenvalue weighted by atomic mass is 16.5. The Balaban J connectivity index is 1.71. The van der Waals surface area contributed by atoms with E-state index in [0.29, 0.717) is 17.8 Å². The predicted molar refractivity (Wildman–Crippen MR) is 106 cm³/mol. The molecule has 0 aromatic carbocycles. The molecule has 0 spiro atoms. The molecular weight excluding hydrogens is 322 g/mol. The van der Waals surface area contributed by atoms with E-state index in [-0.39, 0.29) is 0 Å². The summed E-state index contributed by atoms with van der Waals surface area (Å²) in [6.07, 6.45) is 3.69. The van der Waals surface area contributed by atoms with Gasteiger partial charge < -0.3 is 4.74 Å². The van der Waals surface area contributed by atoms with E-state index >= 15 is 0 Å². The lowest BCUT2D eigenvalue weighted by Crippen LogP contribution is -2.38. The van der Waals surface area contributed by atoms with Crippen LogP contribution in [0, 0.1) is 26.7 Å². The molecule has 4 heteroatoms. The van der Waals surface area contributed by atoms with Gasteiger partial charge in [0.05, 0.1) is 12.8 Å². The van der Waals surface area contributed by atoms with Gasteiger partial charge in [0, 0.05) is 30.0 Å². The summed E-state index contributed by atoms with van der Waals surface area (Å²) in [5.41, 5.74) is 6.04. The summed E-state index contributed by atoms with van der Waals surface area (Å²) in [5.74, 6) is 1.40. The number of hydrogen-bond acceptors (Lipinski definition) is 4. The molecule has 3 heterocycles. The van der Waals surface area contributed by atoms with Crippen molar-refractivity contribution in [1.29, 1.82) is 0 Å². The second-order valence-electron chi connectivity index (χ2n) is 7.70. The van der Waals surface area contributed by atoms with E-state index in [9.17, 15) is 0 Å². The van der Waals surface area contributed by atoms with Crippen LogP contribution < -0.4 is 4.74 Å². The van der Waals surface area contributed by atoms with E-state index in [0.717, 1.165) is 36.6 Å². The molecule has 0 aliphatic carbocycles. The molecule has 2 aromatic heterocycles. The molecule has 1 aliphatic rings. The van der Waals surface area contributed by atoms with Crippen LogP contribution in [0.1, 0.15) is 54.0 Å². The zero-order chi connectivity index (χ0) is 18.7. The molecule has 1 fully saturated rings. The van der Waals surface area contributed by atoms with E-state index in [4.69, 9.17) is 9.72 Å². The first-order valence-corrected chi connectivity index (χ1v) is 9.66. The Bertz CT molecular complexity index is 739. The predicted octanol–water partition coefficient (Wildman–Crippen LogP) is 4.43. The number of rotatable bonds is 5. The summed E-state index contributed by atoms with van der Waals surface area (Å²) in [6.45, 7) is 10.9. The molecule has 3 rings (SSSR count). The van der Waals surface area contributed by atoms with Crippen LogP contribution in [0.25, 0.3) is 0 Å². The molecule has 0 N–H and O–H groups in total. The van der Waals surface area contributed by atoms with Gasteiger partial charge in [0.2, 0.25) is 5.88 Å². The van der Waals surface area contributed by atoms with Crippen molar-refractivity contribution in [3.05, 3.63) is 52.5 Å². The number of aryl methyl sites for hydroxylation is 3. The maximum absolute atomic E-state index is 5.33. The number of ether oxygens (including phenoxy) is 1. The molecule has 1 aliphatic heterocycles. The van der Waals surface area contributed by atoms with Crippen LogP contribution in [0.4, 0.5) is 0 Å². The first-order chi connectivity index (χ1) is 12.5. The second-order valence-corrected chi connectivity index (χ2v) is 7.70. The van der Waals surface area contributed by atoms with Gasteiger partial charge >= 0.3 is 0 Å². The van der Waals surface area contributed by atoms with Crippen molar-refractivity contribution in [2.45, 2.75) is 53.0 Å². The highest BCUT2D eigenvalue weighted by Gasteiger charge is 2.26. The van der Waals surface area contributed by atoms with E-state index < -0.39 is 0 Å². The lowest BCUT2D eigenvalue weighted by molar-refractivity contribution is 0.128. The summed E-state index contributed by atoms with van der Waals surface area (Å²) >= 11 is 0. The van der Waals surface area contributed by atoms with E-state index in [1.54, 1.807) is 7.11 Å². The van der Waals surface area contributed by atoms with Crippen molar-refractivity contribution < 1.29 is 4.74 Å². The third kappa shape index (κ3) is 4.42. The summed E-state index contributed by atoms with van der Waals surface area (Å²) in [6, 6.07) is 8.85. The number of methoxy groups -OCH3 is 1. The smallest absolute Gasteiger partial charge is 0.213 e. The maximum atomic E-state index is 5.33. The molecule has 0 radical (unpaired) electrons. The fourth-order valence-corrected chi connectivity index (χ4v) is 4.22. The highest BCUT2D eigenvalue weighted by Crippen LogP contribution is 2.30. The van der Waals surface area contributed by atoms with Gasteiger partial charge in [0.15, 0.2) is 0 Å². The zero-order valence-corrected chi connectivity index (χ0v) is 16.7. The van der Waals surface area contributed by atoms with Gasteiger partial charge in [0.1, 0.15) is 0 Å². The number of hydrogen-bond donors (Lipinski definition) is 0. The quantitative estimate of drug-likeness (QED) is 0.797. The molecule has 26 heavy (non-hydrogen) atoms. The zero-order valence-electron chi connectivity index (χ0n) is 16.7. The van der Waals surface area contributed by atoms with Crippen molar-refractivity contribution in [3.63, 3.8) is 0 Å². The van der Waals surface area contributed by atoms with E-state index in [1.165, 1.54) is 24.0 Å². The van der Waals surface area contributed by atoms with Crippen LogP contribution in [0.15, 0.2) is 24.3 Å². The van der Waals surface area contributed by atoms with E-state index in [2.05, 4.69) is 55.8 Å². The lowest BCUT2D eigenvalue weighted by Gasteiger charge is -2.37. The third-order valence-corrected chi connectivity index (χ3v) is 5.48. The normalized spacial score (nSPS) is 19.3. The maximum Gasteiger partial charge on any atom is 0.213 e. The number of likely N-dealkylation sites (tertiary alicyclic amines) is 1. The van der Waals surface area contributed by atoms with Gasteiger partial charge in [-0.05, 0) is 82.7 Å². The number of aromatic nitrogens is 2. The lowest BCUT2D eigenvalue weighted by atomic mass is 9.90. The van der Waals surface area contributed by atoms with Crippen LogP contribution in [0.5, 0.6) is 5.88 Å². The largest absolute Gasteiger partial charge is 0.481 e. The summed E-state index contributed by atoms with van der Waals surface area (Å²) < 4.78 is 5.33. The first-order valence-electron chi connectivity index (χ1n) is 9.66.